The average molecular weight is 426 g/mol. The van der Waals surface area contributed by atoms with Gasteiger partial charge in [0.15, 0.2) is 5.82 Å². The van der Waals surface area contributed by atoms with Crippen LogP contribution in [0.15, 0.2) is 82.7 Å². The molecular formula is C25H22N4O3. The Balaban J connectivity index is 1.88. The van der Waals surface area contributed by atoms with E-state index in [2.05, 4.69) is 10.1 Å². The fraction of sp³-hybridized carbons (Fsp3) is 0.120. The van der Waals surface area contributed by atoms with Crippen LogP contribution in [0.2, 0.25) is 0 Å². The van der Waals surface area contributed by atoms with Crippen molar-refractivity contribution >= 4 is 28.8 Å². The lowest BCUT2D eigenvalue weighted by Crippen LogP contribution is -2.20. The molecule has 7 heteroatoms. The molecule has 0 bridgehead atoms. The normalized spacial score (nSPS) is 11.1. The van der Waals surface area contributed by atoms with Gasteiger partial charge >= 0.3 is 5.97 Å². The number of carbonyl (C=O) groups is 1. The first-order valence-electron chi connectivity index (χ1n) is 10.1. The molecule has 160 valence electrons. The largest absolute Gasteiger partial charge is 0.426 e. The maximum absolute atomic E-state index is 13.3. The fourth-order valence-electron chi connectivity index (χ4n) is 3.28. The van der Waals surface area contributed by atoms with Crippen LogP contribution in [-0.4, -0.2) is 35.9 Å². The maximum atomic E-state index is 13.3. The number of para-hydroxylation sites is 1. The number of esters is 1. The van der Waals surface area contributed by atoms with E-state index in [-0.39, 0.29) is 5.56 Å². The van der Waals surface area contributed by atoms with Gasteiger partial charge in [-0.15, -0.1) is 0 Å². The summed E-state index contributed by atoms with van der Waals surface area (Å²) in [4.78, 5) is 31.5. The Bertz CT molecular complexity index is 1380. The van der Waals surface area contributed by atoms with Crippen molar-refractivity contribution in [2.45, 2.75) is 6.92 Å². The molecule has 0 unspecified atom stereocenters. The van der Waals surface area contributed by atoms with Crippen LogP contribution in [0.3, 0.4) is 0 Å². The summed E-state index contributed by atoms with van der Waals surface area (Å²) in [5.41, 5.74) is 2.50. The number of nitrogens with zero attached hydrogens (tertiary/aromatic N) is 4. The van der Waals surface area contributed by atoms with Gasteiger partial charge in [-0.1, -0.05) is 42.5 Å². The fourth-order valence-corrected chi connectivity index (χ4v) is 3.28. The number of benzene rings is 3. The third-order valence-electron chi connectivity index (χ3n) is 4.87. The molecule has 1 aromatic heterocycles. The van der Waals surface area contributed by atoms with Gasteiger partial charge in [-0.25, -0.2) is 4.98 Å². The minimum atomic E-state index is -0.440. The number of hydrogen-bond donors (Lipinski definition) is 0. The first-order valence-corrected chi connectivity index (χ1v) is 10.1. The molecule has 0 saturated heterocycles. The zero-order chi connectivity index (χ0) is 22.7. The van der Waals surface area contributed by atoms with Gasteiger partial charge in [-0.3, -0.25) is 9.59 Å². The summed E-state index contributed by atoms with van der Waals surface area (Å²) in [5, 5.41) is 4.92. The SMILES string of the molecule is CC(=O)Oc1cc(N(C)C)ccc1C=Nn1c(-c2ccccc2)nc2ccccc2c1=O. The van der Waals surface area contributed by atoms with Crippen molar-refractivity contribution in [1.29, 1.82) is 0 Å². The van der Waals surface area contributed by atoms with Gasteiger partial charge in [0.05, 0.1) is 17.1 Å². The molecule has 4 rings (SSSR count). The van der Waals surface area contributed by atoms with Crippen LogP contribution in [-0.2, 0) is 4.79 Å². The van der Waals surface area contributed by atoms with Crippen LogP contribution < -0.4 is 15.2 Å². The van der Waals surface area contributed by atoms with Gasteiger partial charge in [0.25, 0.3) is 5.56 Å². The zero-order valence-corrected chi connectivity index (χ0v) is 18.0. The summed E-state index contributed by atoms with van der Waals surface area (Å²) < 4.78 is 6.65. The van der Waals surface area contributed by atoms with E-state index in [1.165, 1.54) is 17.8 Å². The lowest BCUT2D eigenvalue weighted by atomic mass is 10.2. The molecule has 0 N–H and O–H groups in total. The molecule has 0 aliphatic carbocycles. The third kappa shape index (κ3) is 4.27. The van der Waals surface area contributed by atoms with Crippen LogP contribution in [0, 0.1) is 0 Å². The molecule has 0 atom stereocenters. The van der Waals surface area contributed by atoms with Gasteiger partial charge in [-0.2, -0.15) is 9.78 Å². The highest BCUT2D eigenvalue weighted by atomic mass is 16.5. The summed E-state index contributed by atoms with van der Waals surface area (Å²) in [6, 6.07) is 22.0. The Labute approximate surface area is 185 Å². The predicted octanol–water partition coefficient (Wildman–Crippen LogP) is 3.94. The molecule has 0 spiro atoms. The van der Waals surface area contributed by atoms with Gasteiger partial charge in [0.1, 0.15) is 5.75 Å². The molecule has 0 aliphatic heterocycles. The van der Waals surface area contributed by atoms with Crippen molar-refractivity contribution in [1.82, 2.24) is 9.66 Å². The van der Waals surface area contributed by atoms with Gasteiger partial charge in [-0.05, 0) is 24.3 Å². The van der Waals surface area contributed by atoms with Crippen molar-refractivity contribution in [2.24, 2.45) is 5.10 Å². The molecular weight excluding hydrogens is 404 g/mol. The minimum absolute atomic E-state index is 0.287. The lowest BCUT2D eigenvalue weighted by Gasteiger charge is -2.15. The molecule has 4 aromatic rings. The molecule has 3 aromatic carbocycles. The highest BCUT2D eigenvalue weighted by molar-refractivity contribution is 5.87. The van der Waals surface area contributed by atoms with Crippen molar-refractivity contribution in [2.75, 3.05) is 19.0 Å². The topological polar surface area (TPSA) is 76.8 Å². The van der Waals surface area contributed by atoms with E-state index in [0.29, 0.717) is 28.0 Å². The van der Waals surface area contributed by atoms with Crippen molar-refractivity contribution in [3.05, 3.63) is 88.7 Å². The van der Waals surface area contributed by atoms with E-state index >= 15 is 0 Å². The summed E-state index contributed by atoms with van der Waals surface area (Å²) in [6.07, 6.45) is 1.50. The van der Waals surface area contributed by atoms with Crippen molar-refractivity contribution in [3.63, 3.8) is 0 Å². The second-order valence-corrected chi connectivity index (χ2v) is 7.39. The second kappa shape index (κ2) is 8.85. The number of anilines is 1. The molecule has 7 nitrogen and oxygen atoms in total. The smallest absolute Gasteiger partial charge is 0.308 e. The average Bonchev–Trinajstić information content (AvgIpc) is 2.79. The molecule has 0 amide bonds. The molecule has 0 fully saturated rings. The molecule has 1 heterocycles. The van der Waals surface area contributed by atoms with Crippen LogP contribution in [0.4, 0.5) is 5.69 Å². The number of aromatic nitrogens is 2. The maximum Gasteiger partial charge on any atom is 0.308 e. The number of hydrogen-bond acceptors (Lipinski definition) is 6. The summed E-state index contributed by atoms with van der Waals surface area (Å²) in [6.45, 7) is 1.34. The predicted molar refractivity (Wildman–Crippen MR) is 127 cm³/mol. The Morgan fingerprint density at radius 3 is 2.47 bits per heavy atom. The number of rotatable bonds is 5. The summed E-state index contributed by atoms with van der Waals surface area (Å²) >= 11 is 0. The van der Waals surface area contributed by atoms with Gasteiger partial charge < -0.3 is 9.64 Å². The lowest BCUT2D eigenvalue weighted by molar-refractivity contribution is -0.131. The van der Waals surface area contributed by atoms with Crippen molar-refractivity contribution in [3.8, 4) is 17.1 Å². The van der Waals surface area contributed by atoms with Crippen LogP contribution >= 0.6 is 0 Å². The zero-order valence-electron chi connectivity index (χ0n) is 18.0. The van der Waals surface area contributed by atoms with E-state index in [9.17, 15) is 9.59 Å². The van der Waals surface area contributed by atoms with Crippen molar-refractivity contribution < 1.29 is 9.53 Å². The van der Waals surface area contributed by atoms with E-state index in [1.54, 1.807) is 30.3 Å². The highest BCUT2D eigenvalue weighted by Crippen LogP contribution is 2.24. The van der Waals surface area contributed by atoms with E-state index in [4.69, 9.17) is 4.74 Å². The minimum Gasteiger partial charge on any atom is -0.426 e. The first kappa shape index (κ1) is 21.0. The Kier molecular flexibility index (Phi) is 5.81. The summed E-state index contributed by atoms with van der Waals surface area (Å²) in [5.74, 6) is 0.338. The van der Waals surface area contributed by atoms with E-state index < -0.39 is 5.97 Å². The standard InChI is InChI=1S/C25H22N4O3/c1-17(30)32-23-15-20(28(2)3)14-13-19(23)16-26-29-24(18-9-5-4-6-10-18)27-22-12-8-7-11-21(22)25(29)31/h4-16H,1-3H3. The Morgan fingerprint density at radius 2 is 1.75 bits per heavy atom. The molecule has 0 saturated carbocycles. The Hall–Kier alpha value is -4.26. The Morgan fingerprint density at radius 1 is 1.03 bits per heavy atom. The molecule has 0 aliphatic rings. The summed E-state index contributed by atoms with van der Waals surface area (Å²) in [7, 11) is 3.79. The quantitative estimate of drug-likeness (QED) is 0.274. The number of ether oxygens (including phenoxy) is 1. The third-order valence-corrected chi connectivity index (χ3v) is 4.87. The van der Waals surface area contributed by atoms with Crippen LogP contribution in [0.1, 0.15) is 12.5 Å². The van der Waals surface area contributed by atoms with E-state index in [1.807, 2.05) is 61.5 Å². The van der Waals surface area contributed by atoms with Crippen LogP contribution in [0.25, 0.3) is 22.3 Å². The number of fused-ring (bicyclic) bond motifs is 1. The second-order valence-electron chi connectivity index (χ2n) is 7.39. The first-order chi connectivity index (χ1) is 15.4. The highest BCUT2D eigenvalue weighted by Gasteiger charge is 2.13. The van der Waals surface area contributed by atoms with Gasteiger partial charge in [0, 0.05) is 43.9 Å². The van der Waals surface area contributed by atoms with E-state index in [0.717, 1.165) is 11.3 Å². The van der Waals surface area contributed by atoms with Crippen LogP contribution in [0.5, 0.6) is 5.75 Å². The monoisotopic (exact) mass is 426 g/mol. The number of carbonyl (C=O) groups excluding carboxylic acids is 1. The van der Waals surface area contributed by atoms with Gasteiger partial charge in [0.2, 0.25) is 0 Å². The molecule has 0 radical (unpaired) electrons. The molecule has 32 heavy (non-hydrogen) atoms.